The minimum Gasteiger partial charge on any atom is -0.386 e. The molecular weight excluding hydrogens is 200 g/mol. The van der Waals surface area contributed by atoms with Crippen LogP contribution < -0.4 is 0 Å². The van der Waals surface area contributed by atoms with Crippen molar-refractivity contribution in [1.29, 1.82) is 0 Å². The van der Waals surface area contributed by atoms with Gasteiger partial charge in [0.1, 0.15) is 11.7 Å². The standard InChI is InChI=1S/C14H24O2/c1-12(2,3)10-13(4,5)14(16)9-7-6-8-11(14)15/h6-9,11,15-16H,10H2,1-5H3. The van der Waals surface area contributed by atoms with Gasteiger partial charge in [0.25, 0.3) is 0 Å². The number of hydrogen-bond donors (Lipinski definition) is 2. The molecular formula is C14H24O2. The summed E-state index contributed by atoms with van der Waals surface area (Å²) in [6, 6.07) is 0. The molecule has 0 heterocycles. The maximum Gasteiger partial charge on any atom is 0.117 e. The Morgan fingerprint density at radius 1 is 1.12 bits per heavy atom. The molecule has 0 fully saturated rings. The van der Waals surface area contributed by atoms with Crippen LogP contribution >= 0.6 is 0 Å². The van der Waals surface area contributed by atoms with E-state index in [1.165, 1.54) is 0 Å². The molecule has 16 heavy (non-hydrogen) atoms. The third-order valence-corrected chi connectivity index (χ3v) is 3.26. The molecule has 1 rings (SSSR count). The summed E-state index contributed by atoms with van der Waals surface area (Å²) >= 11 is 0. The molecule has 0 aromatic rings. The number of allylic oxidation sites excluding steroid dienone is 2. The Labute approximate surface area is 98.7 Å². The van der Waals surface area contributed by atoms with Gasteiger partial charge in [-0.15, -0.1) is 0 Å². The number of hydrogen-bond acceptors (Lipinski definition) is 2. The van der Waals surface area contributed by atoms with Crippen molar-refractivity contribution in [2.24, 2.45) is 10.8 Å². The average Bonchev–Trinajstić information content (AvgIpc) is 2.05. The molecule has 2 heteroatoms. The third kappa shape index (κ3) is 2.55. The van der Waals surface area contributed by atoms with E-state index >= 15 is 0 Å². The molecule has 2 N–H and O–H groups in total. The van der Waals surface area contributed by atoms with Crippen LogP contribution in [0, 0.1) is 10.8 Å². The van der Waals surface area contributed by atoms with E-state index in [-0.39, 0.29) is 10.8 Å². The SMILES string of the molecule is CC(C)(C)CC(C)(C)C1(O)C=CC=CC1O. The second kappa shape index (κ2) is 4.01. The fraction of sp³-hybridized carbons (Fsp3) is 0.714. The molecule has 2 nitrogen and oxygen atoms in total. The lowest BCUT2D eigenvalue weighted by Crippen LogP contribution is -2.53. The van der Waals surface area contributed by atoms with Gasteiger partial charge in [0.15, 0.2) is 0 Å². The van der Waals surface area contributed by atoms with Crippen LogP contribution in [0.25, 0.3) is 0 Å². The van der Waals surface area contributed by atoms with Crippen LogP contribution in [-0.4, -0.2) is 21.9 Å². The quantitative estimate of drug-likeness (QED) is 0.757. The molecule has 2 atom stereocenters. The van der Waals surface area contributed by atoms with Crippen molar-refractivity contribution in [3.63, 3.8) is 0 Å². The lowest BCUT2D eigenvalue weighted by molar-refractivity contribution is -0.108. The summed E-state index contributed by atoms with van der Waals surface area (Å²) < 4.78 is 0. The van der Waals surface area contributed by atoms with E-state index in [1.54, 1.807) is 24.3 Å². The molecule has 1 aliphatic carbocycles. The second-order valence-electron chi connectivity index (χ2n) is 6.64. The fourth-order valence-corrected chi connectivity index (χ4v) is 2.71. The number of rotatable bonds is 2. The van der Waals surface area contributed by atoms with E-state index in [2.05, 4.69) is 20.8 Å². The highest BCUT2D eigenvalue weighted by Gasteiger charge is 2.48. The monoisotopic (exact) mass is 224 g/mol. The Morgan fingerprint density at radius 3 is 2.12 bits per heavy atom. The first-order valence-corrected chi connectivity index (χ1v) is 5.85. The first-order valence-electron chi connectivity index (χ1n) is 5.85. The summed E-state index contributed by atoms with van der Waals surface area (Å²) in [5.74, 6) is 0. The van der Waals surface area contributed by atoms with Gasteiger partial charge in [0, 0.05) is 5.41 Å². The molecule has 0 aliphatic heterocycles. The summed E-state index contributed by atoms with van der Waals surface area (Å²) in [7, 11) is 0. The first-order chi connectivity index (χ1) is 7.08. The molecule has 0 aromatic heterocycles. The summed E-state index contributed by atoms with van der Waals surface area (Å²) in [5, 5.41) is 20.6. The van der Waals surface area contributed by atoms with Gasteiger partial charge in [-0.1, -0.05) is 52.8 Å². The Hall–Kier alpha value is -0.600. The smallest absolute Gasteiger partial charge is 0.117 e. The molecule has 0 saturated carbocycles. The summed E-state index contributed by atoms with van der Waals surface area (Å²) in [6.45, 7) is 10.4. The Balaban J connectivity index is 2.98. The minimum absolute atomic E-state index is 0.119. The molecule has 0 bridgehead atoms. The van der Waals surface area contributed by atoms with Gasteiger partial charge in [-0.25, -0.2) is 0 Å². The summed E-state index contributed by atoms with van der Waals surface area (Å²) in [6.07, 6.45) is 6.94. The maximum absolute atomic E-state index is 10.6. The van der Waals surface area contributed by atoms with Gasteiger partial charge in [-0.3, -0.25) is 0 Å². The van der Waals surface area contributed by atoms with Crippen LogP contribution in [0.1, 0.15) is 41.0 Å². The van der Waals surface area contributed by atoms with E-state index < -0.39 is 11.7 Å². The molecule has 0 amide bonds. The predicted octanol–water partition coefficient (Wildman–Crippen LogP) is 2.67. The van der Waals surface area contributed by atoms with Gasteiger partial charge in [-0.2, -0.15) is 0 Å². The van der Waals surface area contributed by atoms with Crippen LogP contribution in [0.4, 0.5) is 0 Å². The van der Waals surface area contributed by atoms with Crippen molar-refractivity contribution >= 4 is 0 Å². The van der Waals surface area contributed by atoms with E-state index in [1.807, 2.05) is 13.8 Å². The van der Waals surface area contributed by atoms with Crippen LogP contribution in [0.2, 0.25) is 0 Å². The lowest BCUT2D eigenvalue weighted by atomic mass is 9.63. The molecule has 92 valence electrons. The van der Waals surface area contributed by atoms with Crippen LogP contribution in [0.5, 0.6) is 0 Å². The highest BCUT2D eigenvalue weighted by molar-refractivity contribution is 5.26. The number of aliphatic hydroxyl groups excluding tert-OH is 1. The zero-order valence-corrected chi connectivity index (χ0v) is 11.0. The van der Waals surface area contributed by atoms with Gasteiger partial charge in [0.05, 0.1) is 0 Å². The van der Waals surface area contributed by atoms with Crippen LogP contribution in [0.3, 0.4) is 0 Å². The van der Waals surface area contributed by atoms with Crippen molar-refractivity contribution in [2.45, 2.75) is 52.7 Å². The van der Waals surface area contributed by atoms with Crippen molar-refractivity contribution in [3.05, 3.63) is 24.3 Å². The van der Waals surface area contributed by atoms with Gasteiger partial charge in [0.2, 0.25) is 0 Å². The maximum atomic E-state index is 10.6. The third-order valence-electron chi connectivity index (χ3n) is 3.26. The molecule has 0 saturated heterocycles. The minimum atomic E-state index is -1.17. The van der Waals surface area contributed by atoms with Crippen molar-refractivity contribution < 1.29 is 10.2 Å². The van der Waals surface area contributed by atoms with Crippen LogP contribution in [0.15, 0.2) is 24.3 Å². The topological polar surface area (TPSA) is 40.5 Å². The normalized spacial score (nSPS) is 30.8. The average molecular weight is 224 g/mol. The molecule has 0 spiro atoms. The van der Waals surface area contributed by atoms with Crippen LogP contribution in [-0.2, 0) is 0 Å². The van der Waals surface area contributed by atoms with E-state index in [4.69, 9.17) is 0 Å². The summed E-state index contributed by atoms with van der Waals surface area (Å²) in [4.78, 5) is 0. The zero-order valence-electron chi connectivity index (χ0n) is 11.0. The Morgan fingerprint density at radius 2 is 1.69 bits per heavy atom. The van der Waals surface area contributed by atoms with Gasteiger partial charge < -0.3 is 10.2 Å². The summed E-state index contributed by atoms with van der Waals surface area (Å²) in [5.41, 5.74) is -1.42. The predicted molar refractivity (Wildman–Crippen MR) is 67.1 cm³/mol. The van der Waals surface area contributed by atoms with Crippen molar-refractivity contribution in [1.82, 2.24) is 0 Å². The highest BCUT2D eigenvalue weighted by Crippen LogP contribution is 2.44. The van der Waals surface area contributed by atoms with Crippen molar-refractivity contribution in [2.75, 3.05) is 0 Å². The van der Waals surface area contributed by atoms with Gasteiger partial charge >= 0.3 is 0 Å². The van der Waals surface area contributed by atoms with E-state index in [0.29, 0.717) is 0 Å². The molecule has 2 unspecified atom stereocenters. The van der Waals surface area contributed by atoms with E-state index in [9.17, 15) is 10.2 Å². The van der Waals surface area contributed by atoms with Crippen molar-refractivity contribution in [3.8, 4) is 0 Å². The first kappa shape index (κ1) is 13.5. The zero-order chi connectivity index (χ0) is 12.6. The fourth-order valence-electron chi connectivity index (χ4n) is 2.71. The lowest BCUT2D eigenvalue weighted by Gasteiger charge is -2.46. The Kier molecular flexibility index (Phi) is 3.37. The largest absolute Gasteiger partial charge is 0.386 e. The molecule has 0 aromatic carbocycles. The number of aliphatic hydroxyl groups is 2. The van der Waals surface area contributed by atoms with Gasteiger partial charge in [-0.05, 0) is 17.9 Å². The molecule has 0 radical (unpaired) electrons. The molecule has 1 aliphatic rings. The van der Waals surface area contributed by atoms with E-state index in [0.717, 1.165) is 6.42 Å². The second-order valence-corrected chi connectivity index (χ2v) is 6.64. The Bertz CT molecular complexity index is 307. The highest BCUT2D eigenvalue weighted by atomic mass is 16.3.